The first-order valence-electron chi connectivity index (χ1n) is 8.54. The van der Waals surface area contributed by atoms with Crippen LogP contribution in [0.25, 0.3) is 0 Å². The van der Waals surface area contributed by atoms with Gasteiger partial charge in [-0.2, -0.15) is 0 Å². The Kier molecular flexibility index (Phi) is 6.01. The summed E-state index contributed by atoms with van der Waals surface area (Å²) in [6.07, 6.45) is 3.55. The number of hydrogen-bond donors (Lipinski definition) is 4. The van der Waals surface area contributed by atoms with E-state index >= 15 is 0 Å². The van der Waals surface area contributed by atoms with Gasteiger partial charge in [-0.1, -0.05) is 25.5 Å². The molecule has 0 aliphatic heterocycles. The first-order valence-corrected chi connectivity index (χ1v) is 8.54. The highest BCUT2D eigenvalue weighted by molar-refractivity contribution is 5.98. The van der Waals surface area contributed by atoms with Crippen LogP contribution in [0.3, 0.4) is 0 Å². The van der Waals surface area contributed by atoms with Gasteiger partial charge in [0.05, 0.1) is 0 Å². The molecule has 0 unspecified atom stereocenters. The van der Waals surface area contributed by atoms with Gasteiger partial charge in [0.15, 0.2) is 0 Å². The summed E-state index contributed by atoms with van der Waals surface area (Å²) in [5.41, 5.74) is 5.02. The number of amides is 3. The molecule has 1 fully saturated rings. The highest BCUT2D eigenvalue weighted by atomic mass is 16.4. The first kappa shape index (κ1) is 18.8. The Hall–Kier alpha value is -2.57. The average Bonchev–Trinajstić information content (AvgIpc) is 2.60. The van der Waals surface area contributed by atoms with Gasteiger partial charge < -0.3 is 21.5 Å². The Morgan fingerprint density at radius 3 is 2.28 bits per heavy atom. The molecule has 136 valence electrons. The van der Waals surface area contributed by atoms with Crippen LogP contribution in [0.5, 0.6) is 0 Å². The minimum atomic E-state index is -1.19. The maximum absolute atomic E-state index is 12.5. The van der Waals surface area contributed by atoms with Crippen LogP contribution in [0, 0.1) is 5.92 Å². The maximum Gasteiger partial charge on any atom is 0.329 e. The molecule has 0 radical (unpaired) electrons. The van der Waals surface area contributed by atoms with E-state index in [0.717, 1.165) is 24.8 Å². The molecule has 1 aliphatic carbocycles. The van der Waals surface area contributed by atoms with Gasteiger partial charge in [-0.25, -0.2) is 9.59 Å². The Balaban J connectivity index is 2.04. The molecule has 0 aromatic heterocycles. The van der Waals surface area contributed by atoms with Crippen LogP contribution in [0.4, 0.5) is 4.79 Å². The van der Waals surface area contributed by atoms with Gasteiger partial charge in [0.1, 0.15) is 5.54 Å². The van der Waals surface area contributed by atoms with E-state index in [9.17, 15) is 19.5 Å². The Morgan fingerprint density at radius 2 is 1.80 bits per heavy atom. The smallest absolute Gasteiger partial charge is 0.329 e. The lowest BCUT2D eigenvalue weighted by molar-refractivity contribution is -0.146. The van der Waals surface area contributed by atoms with Gasteiger partial charge in [0.2, 0.25) is 0 Å². The maximum atomic E-state index is 12.5. The van der Waals surface area contributed by atoms with E-state index in [0.29, 0.717) is 24.3 Å². The zero-order valence-corrected chi connectivity index (χ0v) is 14.4. The van der Waals surface area contributed by atoms with Crippen LogP contribution in [0.1, 0.15) is 54.9 Å². The minimum Gasteiger partial charge on any atom is -0.480 e. The number of carbonyl (C=O) groups excluding carboxylic acids is 2. The number of hydrogen-bond acceptors (Lipinski definition) is 3. The van der Waals surface area contributed by atoms with Crippen molar-refractivity contribution >= 4 is 17.9 Å². The summed E-state index contributed by atoms with van der Waals surface area (Å²) in [5.74, 6) is -0.842. The molecule has 2 rings (SSSR count). The molecule has 25 heavy (non-hydrogen) atoms. The number of carboxylic acid groups (broad SMARTS) is 1. The summed E-state index contributed by atoms with van der Waals surface area (Å²) in [6.45, 7) is 2.38. The van der Waals surface area contributed by atoms with E-state index < -0.39 is 23.4 Å². The van der Waals surface area contributed by atoms with Crippen LogP contribution in [0.15, 0.2) is 24.3 Å². The number of benzene rings is 1. The molecule has 0 heterocycles. The molecule has 0 saturated heterocycles. The van der Waals surface area contributed by atoms with Crippen molar-refractivity contribution in [3.63, 3.8) is 0 Å². The summed E-state index contributed by atoms with van der Waals surface area (Å²) < 4.78 is 0. The standard InChI is InChI=1S/C18H25N3O4/c1-2-12-7-9-18(10-8-12,16(23)24)21-15(22)14-5-3-13(4-6-14)11-20-17(19)25/h3-6,12H,2,7-11H2,1H3,(H,21,22)(H,23,24)(H3,19,20,25). The molecule has 7 heteroatoms. The number of carbonyl (C=O) groups is 3. The molecule has 1 aliphatic rings. The second kappa shape index (κ2) is 8.00. The van der Waals surface area contributed by atoms with Crippen molar-refractivity contribution in [2.45, 2.75) is 51.1 Å². The van der Waals surface area contributed by atoms with E-state index in [1.165, 1.54) is 0 Å². The van der Waals surface area contributed by atoms with Crippen molar-refractivity contribution in [3.05, 3.63) is 35.4 Å². The van der Waals surface area contributed by atoms with Crippen molar-refractivity contribution in [1.29, 1.82) is 0 Å². The van der Waals surface area contributed by atoms with Gasteiger partial charge in [-0.3, -0.25) is 4.79 Å². The Labute approximate surface area is 147 Å². The molecule has 1 saturated carbocycles. The monoisotopic (exact) mass is 347 g/mol. The van der Waals surface area contributed by atoms with E-state index in [-0.39, 0.29) is 6.54 Å². The number of nitrogens with one attached hydrogen (secondary N) is 2. The fourth-order valence-corrected chi connectivity index (χ4v) is 3.22. The quantitative estimate of drug-likeness (QED) is 0.629. The summed E-state index contributed by atoms with van der Waals surface area (Å²) in [5, 5.41) is 14.8. The zero-order chi connectivity index (χ0) is 18.4. The van der Waals surface area contributed by atoms with Crippen LogP contribution in [-0.2, 0) is 11.3 Å². The zero-order valence-electron chi connectivity index (χ0n) is 14.4. The third kappa shape index (κ3) is 4.71. The number of aliphatic carboxylic acids is 1. The molecule has 3 amide bonds. The normalized spacial score (nSPS) is 22.8. The first-order chi connectivity index (χ1) is 11.9. The lowest BCUT2D eigenvalue weighted by Crippen LogP contribution is -2.56. The molecular formula is C18H25N3O4. The molecular weight excluding hydrogens is 322 g/mol. The highest BCUT2D eigenvalue weighted by Gasteiger charge is 2.43. The topological polar surface area (TPSA) is 122 Å². The van der Waals surface area contributed by atoms with Gasteiger partial charge in [0.25, 0.3) is 5.91 Å². The number of carboxylic acids is 1. The van der Waals surface area contributed by atoms with Crippen LogP contribution < -0.4 is 16.4 Å². The lowest BCUT2D eigenvalue weighted by Gasteiger charge is -2.37. The van der Waals surface area contributed by atoms with E-state index in [2.05, 4.69) is 17.6 Å². The summed E-state index contributed by atoms with van der Waals surface area (Å²) in [6, 6.07) is 6.01. The summed E-state index contributed by atoms with van der Waals surface area (Å²) in [4.78, 5) is 35.0. The van der Waals surface area contributed by atoms with Gasteiger partial charge in [-0.15, -0.1) is 0 Å². The highest BCUT2D eigenvalue weighted by Crippen LogP contribution is 2.34. The molecule has 1 aromatic rings. The van der Waals surface area contributed by atoms with Crippen molar-refractivity contribution < 1.29 is 19.5 Å². The molecule has 0 atom stereocenters. The van der Waals surface area contributed by atoms with E-state index in [1.807, 2.05) is 0 Å². The second-order valence-electron chi connectivity index (χ2n) is 6.61. The van der Waals surface area contributed by atoms with Crippen LogP contribution in [-0.4, -0.2) is 28.6 Å². The van der Waals surface area contributed by atoms with Crippen molar-refractivity contribution in [1.82, 2.24) is 10.6 Å². The average molecular weight is 347 g/mol. The molecule has 0 bridgehead atoms. The number of primary amides is 1. The molecule has 7 nitrogen and oxygen atoms in total. The molecule has 5 N–H and O–H groups in total. The largest absolute Gasteiger partial charge is 0.480 e. The lowest BCUT2D eigenvalue weighted by atomic mass is 9.75. The fourth-order valence-electron chi connectivity index (χ4n) is 3.22. The number of nitrogens with two attached hydrogens (primary N) is 1. The molecule has 0 spiro atoms. The van der Waals surface area contributed by atoms with Crippen molar-refractivity contribution in [2.75, 3.05) is 0 Å². The fraction of sp³-hybridized carbons (Fsp3) is 0.500. The van der Waals surface area contributed by atoms with Gasteiger partial charge >= 0.3 is 12.0 Å². The van der Waals surface area contributed by atoms with Crippen LogP contribution in [0.2, 0.25) is 0 Å². The third-order valence-corrected chi connectivity index (χ3v) is 4.98. The number of urea groups is 1. The second-order valence-corrected chi connectivity index (χ2v) is 6.61. The minimum absolute atomic E-state index is 0.273. The van der Waals surface area contributed by atoms with Crippen molar-refractivity contribution in [2.24, 2.45) is 11.7 Å². The summed E-state index contributed by atoms with van der Waals surface area (Å²) in [7, 11) is 0. The number of rotatable bonds is 6. The summed E-state index contributed by atoms with van der Waals surface area (Å²) >= 11 is 0. The van der Waals surface area contributed by atoms with Crippen molar-refractivity contribution in [3.8, 4) is 0 Å². The Bertz CT molecular complexity index is 634. The predicted molar refractivity (Wildman–Crippen MR) is 92.9 cm³/mol. The molecule has 1 aromatic carbocycles. The Morgan fingerprint density at radius 1 is 1.20 bits per heavy atom. The third-order valence-electron chi connectivity index (χ3n) is 4.98. The van der Waals surface area contributed by atoms with E-state index in [1.54, 1.807) is 24.3 Å². The van der Waals surface area contributed by atoms with Gasteiger partial charge in [-0.05, 0) is 49.3 Å². The van der Waals surface area contributed by atoms with E-state index in [4.69, 9.17) is 5.73 Å². The predicted octanol–water partition coefficient (Wildman–Crippen LogP) is 2.01. The van der Waals surface area contributed by atoms with Crippen LogP contribution >= 0.6 is 0 Å². The SMILES string of the molecule is CCC1CCC(NC(=O)c2ccc(CNC(N)=O)cc2)(C(=O)O)CC1. The van der Waals surface area contributed by atoms with Gasteiger partial charge in [0, 0.05) is 12.1 Å².